The molecule has 2 rings (SSSR count). The minimum absolute atomic E-state index is 0.0620. The molecule has 0 heterocycles. The summed E-state index contributed by atoms with van der Waals surface area (Å²) >= 11 is -1.87. The Morgan fingerprint density at radius 3 is 2.41 bits per heavy atom. The standard InChI is InChI=1S/C13H13NO2S/c14-13-7-6-11(8-12(13)9-17(15)16)10-4-2-1-3-5-10/h1-8H,9,14H2,(H,15,16). The molecule has 0 aliphatic carbocycles. The van der Waals surface area contributed by atoms with Crippen molar-refractivity contribution in [2.75, 3.05) is 5.73 Å². The number of rotatable bonds is 3. The van der Waals surface area contributed by atoms with Crippen molar-refractivity contribution in [1.82, 2.24) is 0 Å². The Kier molecular flexibility index (Phi) is 3.56. The highest BCUT2D eigenvalue weighted by Crippen LogP contribution is 2.24. The van der Waals surface area contributed by atoms with Crippen LogP contribution in [0.25, 0.3) is 11.1 Å². The third kappa shape index (κ3) is 2.93. The van der Waals surface area contributed by atoms with Crippen molar-refractivity contribution >= 4 is 16.8 Å². The van der Waals surface area contributed by atoms with Gasteiger partial charge in [0, 0.05) is 5.69 Å². The predicted molar refractivity (Wildman–Crippen MR) is 70.8 cm³/mol. The second-order valence-corrected chi connectivity index (χ2v) is 4.68. The summed E-state index contributed by atoms with van der Waals surface area (Å²) in [6.07, 6.45) is 0. The number of hydrogen-bond acceptors (Lipinski definition) is 2. The molecular weight excluding hydrogens is 234 g/mol. The van der Waals surface area contributed by atoms with E-state index in [1.807, 2.05) is 42.5 Å². The minimum atomic E-state index is -1.87. The van der Waals surface area contributed by atoms with Gasteiger partial charge in [-0.3, -0.25) is 0 Å². The van der Waals surface area contributed by atoms with Crippen molar-refractivity contribution in [1.29, 1.82) is 0 Å². The molecule has 0 spiro atoms. The highest BCUT2D eigenvalue weighted by Gasteiger charge is 2.05. The predicted octanol–water partition coefficient (Wildman–Crippen LogP) is 2.66. The zero-order valence-electron chi connectivity index (χ0n) is 9.17. The maximum absolute atomic E-state index is 10.8. The summed E-state index contributed by atoms with van der Waals surface area (Å²) in [5, 5.41) is 0. The van der Waals surface area contributed by atoms with Crippen LogP contribution in [0.5, 0.6) is 0 Å². The van der Waals surface area contributed by atoms with Gasteiger partial charge in [-0.1, -0.05) is 36.4 Å². The fourth-order valence-electron chi connectivity index (χ4n) is 1.67. The van der Waals surface area contributed by atoms with Crippen LogP contribution >= 0.6 is 0 Å². The van der Waals surface area contributed by atoms with Crippen LogP contribution in [0, 0.1) is 0 Å². The van der Waals surface area contributed by atoms with Crippen LogP contribution in [0.15, 0.2) is 48.5 Å². The lowest BCUT2D eigenvalue weighted by Gasteiger charge is -2.07. The molecule has 2 aromatic carbocycles. The molecule has 17 heavy (non-hydrogen) atoms. The van der Waals surface area contributed by atoms with Crippen molar-refractivity contribution in [3.63, 3.8) is 0 Å². The summed E-state index contributed by atoms with van der Waals surface area (Å²) in [5.74, 6) is 0.0620. The smallest absolute Gasteiger partial charge is 0.157 e. The first-order valence-corrected chi connectivity index (χ1v) is 6.45. The van der Waals surface area contributed by atoms with Crippen molar-refractivity contribution in [2.24, 2.45) is 0 Å². The van der Waals surface area contributed by atoms with E-state index in [0.29, 0.717) is 11.3 Å². The van der Waals surface area contributed by atoms with Gasteiger partial charge in [-0.05, 0) is 28.8 Å². The first kappa shape index (κ1) is 11.8. The van der Waals surface area contributed by atoms with E-state index in [2.05, 4.69) is 0 Å². The van der Waals surface area contributed by atoms with Crippen LogP contribution in [-0.4, -0.2) is 8.76 Å². The van der Waals surface area contributed by atoms with Crippen LogP contribution in [0.4, 0.5) is 5.69 Å². The Bertz CT molecular complexity index is 540. The summed E-state index contributed by atoms with van der Waals surface area (Å²) < 4.78 is 19.7. The average molecular weight is 247 g/mol. The Labute approximate surface area is 103 Å². The van der Waals surface area contributed by atoms with E-state index in [1.54, 1.807) is 6.07 Å². The normalized spacial score (nSPS) is 12.3. The van der Waals surface area contributed by atoms with Gasteiger partial charge >= 0.3 is 0 Å². The average Bonchev–Trinajstić information content (AvgIpc) is 2.32. The molecule has 0 saturated carbocycles. The molecule has 0 radical (unpaired) electrons. The molecule has 0 aliphatic heterocycles. The van der Waals surface area contributed by atoms with E-state index in [1.165, 1.54) is 0 Å². The second kappa shape index (κ2) is 5.12. The van der Waals surface area contributed by atoms with Crippen LogP contribution < -0.4 is 5.73 Å². The maximum atomic E-state index is 10.8. The summed E-state index contributed by atoms with van der Waals surface area (Å²) in [6, 6.07) is 15.4. The van der Waals surface area contributed by atoms with E-state index in [4.69, 9.17) is 10.3 Å². The number of nitrogens with two attached hydrogens (primary N) is 1. The molecule has 1 atom stereocenters. The fourth-order valence-corrected chi connectivity index (χ4v) is 2.19. The van der Waals surface area contributed by atoms with Gasteiger partial charge in [-0.2, -0.15) is 0 Å². The van der Waals surface area contributed by atoms with E-state index >= 15 is 0 Å². The van der Waals surface area contributed by atoms with Gasteiger partial charge in [0.1, 0.15) is 0 Å². The molecule has 3 N–H and O–H groups in total. The number of nitrogen functional groups attached to an aromatic ring is 1. The van der Waals surface area contributed by atoms with Crippen LogP contribution in [0.3, 0.4) is 0 Å². The molecule has 0 aromatic heterocycles. The van der Waals surface area contributed by atoms with Gasteiger partial charge in [-0.15, -0.1) is 0 Å². The van der Waals surface area contributed by atoms with Gasteiger partial charge < -0.3 is 10.3 Å². The van der Waals surface area contributed by atoms with E-state index in [9.17, 15) is 4.21 Å². The monoisotopic (exact) mass is 247 g/mol. The van der Waals surface area contributed by atoms with E-state index < -0.39 is 11.1 Å². The SMILES string of the molecule is Nc1ccc(-c2ccccc2)cc1CS(=O)O. The van der Waals surface area contributed by atoms with Gasteiger partial charge in [0.15, 0.2) is 11.1 Å². The maximum Gasteiger partial charge on any atom is 0.157 e. The van der Waals surface area contributed by atoms with Crippen LogP contribution in [-0.2, 0) is 16.8 Å². The first-order valence-electron chi connectivity index (χ1n) is 5.18. The van der Waals surface area contributed by atoms with Crippen molar-refractivity contribution in [3.05, 3.63) is 54.1 Å². The van der Waals surface area contributed by atoms with Gasteiger partial charge in [0.25, 0.3) is 0 Å². The zero-order chi connectivity index (χ0) is 12.3. The highest BCUT2D eigenvalue weighted by molar-refractivity contribution is 7.78. The number of hydrogen-bond donors (Lipinski definition) is 2. The molecule has 88 valence electrons. The van der Waals surface area contributed by atoms with Gasteiger partial charge in [0.05, 0.1) is 5.75 Å². The first-order chi connectivity index (χ1) is 8.16. The Morgan fingerprint density at radius 1 is 1.06 bits per heavy atom. The Balaban J connectivity index is 2.41. The van der Waals surface area contributed by atoms with Crippen molar-refractivity contribution in [3.8, 4) is 11.1 Å². The van der Waals surface area contributed by atoms with Crippen molar-refractivity contribution in [2.45, 2.75) is 5.75 Å². The topological polar surface area (TPSA) is 63.3 Å². The molecule has 0 fully saturated rings. The third-order valence-electron chi connectivity index (χ3n) is 2.53. The van der Waals surface area contributed by atoms with Gasteiger partial charge in [0.2, 0.25) is 0 Å². The molecular formula is C13H13NO2S. The summed E-state index contributed by atoms with van der Waals surface area (Å²) in [4.78, 5) is 0. The van der Waals surface area contributed by atoms with Crippen molar-refractivity contribution < 1.29 is 8.76 Å². The van der Waals surface area contributed by atoms with E-state index in [0.717, 1.165) is 11.1 Å². The second-order valence-electron chi connectivity index (χ2n) is 3.75. The zero-order valence-corrected chi connectivity index (χ0v) is 9.98. The third-order valence-corrected chi connectivity index (χ3v) is 3.09. The Hall–Kier alpha value is -1.65. The molecule has 0 amide bonds. The van der Waals surface area contributed by atoms with E-state index in [-0.39, 0.29) is 5.75 Å². The molecule has 0 saturated heterocycles. The largest absolute Gasteiger partial charge is 0.398 e. The summed E-state index contributed by atoms with van der Waals surface area (Å²) in [7, 11) is 0. The van der Waals surface area contributed by atoms with Crippen LogP contribution in [0.1, 0.15) is 5.56 Å². The number of benzene rings is 2. The lowest BCUT2D eigenvalue weighted by atomic mass is 10.0. The number of anilines is 1. The molecule has 2 aromatic rings. The molecule has 0 bridgehead atoms. The quantitative estimate of drug-likeness (QED) is 0.647. The molecule has 4 heteroatoms. The van der Waals surface area contributed by atoms with Crippen LogP contribution in [0.2, 0.25) is 0 Å². The lowest BCUT2D eigenvalue weighted by Crippen LogP contribution is -1.99. The molecule has 0 aliphatic rings. The molecule has 1 unspecified atom stereocenters. The molecule has 3 nitrogen and oxygen atoms in total. The fraction of sp³-hybridized carbons (Fsp3) is 0.0769. The summed E-state index contributed by atoms with van der Waals surface area (Å²) in [6.45, 7) is 0. The lowest BCUT2D eigenvalue weighted by molar-refractivity contribution is 0.563. The summed E-state index contributed by atoms with van der Waals surface area (Å²) in [5.41, 5.74) is 9.09. The minimum Gasteiger partial charge on any atom is -0.398 e. The Morgan fingerprint density at radius 2 is 1.76 bits per heavy atom. The highest BCUT2D eigenvalue weighted by atomic mass is 32.2. The van der Waals surface area contributed by atoms with Gasteiger partial charge in [-0.25, -0.2) is 4.21 Å².